The zero-order valence-electron chi connectivity index (χ0n) is 39.6. The largest absolute Gasteiger partial charge is 0.415 e. The molecule has 0 saturated carbocycles. The number of benzene rings is 2. The molecule has 1 heterocycles. The molecule has 2 aromatic rings. The first-order valence-electron chi connectivity index (χ1n) is 21.0. The average molecular weight is 919 g/mol. The predicted octanol–water partition coefficient (Wildman–Crippen LogP) is 13.3. The number of hydrogen-bond acceptors (Lipinski definition) is 7. The van der Waals surface area contributed by atoms with Crippen LogP contribution in [0, 0.1) is 11.3 Å². The third kappa shape index (κ3) is 12.9. The lowest BCUT2D eigenvalue weighted by molar-refractivity contribution is -0.130. The molecule has 3 rings (SSSR count). The van der Waals surface area contributed by atoms with Crippen molar-refractivity contribution in [3.05, 3.63) is 63.6 Å². The standard InChI is InChI=1S/C45H80BrN3O4Si4/c1-42(2,3)54(13,14)50-32-38-40(52-56(17,18)44(7,8)9)41(53-57(19,20)45(10,11)12)39(51-55(15,16)43(4,5)6)31-49(38)30-34-23-21-22-33(24-34)29-48-37-26-35(28-47)25-36(46)27-37/h21-27,38-41,48H,29-32H2,1-20H3/t38-,39?,40?,41?/m1/s1. The Labute approximate surface area is 362 Å². The number of halogens is 1. The van der Waals surface area contributed by atoms with E-state index in [4.69, 9.17) is 17.7 Å². The van der Waals surface area contributed by atoms with Crippen LogP contribution in [0.1, 0.15) is 99.8 Å². The Kier molecular flexibility index (Phi) is 15.9. The van der Waals surface area contributed by atoms with Gasteiger partial charge in [-0.1, -0.05) is 123 Å². The predicted molar refractivity (Wildman–Crippen MR) is 256 cm³/mol. The molecule has 1 aliphatic rings. The number of nitrogens with zero attached hydrogens (tertiary/aromatic N) is 2. The summed E-state index contributed by atoms with van der Waals surface area (Å²) >= 11 is 3.56. The van der Waals surface area contributed by atoms with Crippen molar-refractivity contribution in [2.75, 3.05) is 18.5 Å². The molecule has 0 spiro atoms. The molecule has 1 N–H and O–H groups in total. The lowest BCUT2D eigenvalue weighted by atomic mass is 9.93. The quantitative estimate of drug-likeness (QED) is 0.189. The number of nitriles is 1. The van der Waals surface area contributed by atoms with Crippen LogP contribution in [-0.4, -0.2) is 75.7 Å². The summed E-state index contributed by atoms with van der Waals surface area (Å²) in [5.41, 5.74) is 3.95. The molecule has 0 bridgehead atoms. The van der Waals surface area contributed by atoms with Gasteiger partial charge in [0, 0.05) is 29.8 Å². The summed E-state index contributed by atoms with van der Waals surface area (Å²) in [4.78, 5) is 2.62. The molecular weight excluding hydrogens is 839 g/mol. The van der Waals surface area contributed by atoms with Crippen molar-refractivity contribution in [2.24, 2.45) is 0 Å². The lowest BCUT2D eigenvalue weighted by Crippen LogP contribution is -2.70. The minimum absolute atomic E-state index is 0.00109. The van der Waals surface area contributed by atoms with Crippen LogP contribution in [0.15, 0.2) is 46.9 Å². The zero-order chi connectivity index (χ0) is 43.8. The fourth-order valence-corrected chi connectivity index (χ4v) is 11.5. The molecule has 7 nitrogen and oxygen atoms in total. The molecule has 0 aromatic heterocycles. The Balaban J connectivity index is 2.22. The molecule has 0 aliphatic carbocycles. The maximum Gasteiger partial charge on any atom is 0.192 e. The van der Waals surface area contributed by atoms with Gasteiger partial charge in [0.05, 0.1) is 42.6 Å². The Bertz CT molecular complexity index is 1700. The first-order valence-corrected chi connectivity index (χ1v) is 33.5. The van der Waals surface area contributed by atoms with Crippen LogP contribution in [0.25, 0.3) is 0 Å². The fourth-order valence-electron chi connectivity index (χ4n) is 6.02. The highest BCUT2D eigenvalue weighted by molar-refractivity contribution is 9.10. The number of piperidine rings is 1. The van der Waals surface area contributed by atoms with Gasteiger partial charge >= 0.3 is 0 Å². The minimum atomic E-state index is -2.33. The summed E-state index contributed by atoms with van der Waals surface area (Å²) in [5.74, 6) is 0. The van der Waals surface area contributed by atoms with E-state index in [2.05, 4.69) is 192 Å². The second-order valence-electron chi connectivity index (χ2n) is 22.7. The zero-order valence-corrected chi connectivity index (χ0v) is 45.2. The van der Waals surface area contributed by atoms with E-state index in [1.165, 1.54) is 11.1 Å². The molecule has 1 saturated heterocycles. The number of rotatable bonds is 14. The van der Waals surface area contributed by atoms with Crippen LogP contribution in [0.5, 0.6) is 0 Å². The van der Waals surface area contributed by atoms with E-state index in [0.717, 1.165) is 23.2 Å². The van der Waals surface area contributed by atoms with Crippen molar-refractivity contribution < 1.29 is 17.7 Å². The Morgan fingerprint density at radius 2 is 1.18 bits per heavy atom. The summed E-state index contributed by atoms with van der Waals surface area (Å²) in [5, 5.41) is 13.2. The van der Waals surface area contributed by atoms with Crippen molar-refractivity contribution >= 4 is 54.9 Å². The highest BCUT2D eigenvalue weighted by Gasteiger charge is 2.55. The fraction of sp³-hybridized carbons (Fsp3) is 0.711. The normalized spacial score (nSPS) is 21.1. The highest BCUT2D eigenvalue weighted by atomic mass is 79.9. The van der Waals surface area contributed by atoms with Crippen molar-refractivity contribution in [3.63, 3.8) is 0 Å². The van der Waals surface area contributed by atoms with Gasteiger partial charge in [-0.3, -0.25) is 4.90 Å². The summed E-state index contributed by atoms with van der Waals surface area (Å²) in [6.07, 6.45) is -0.656. The molecule has 12 heteroatoms. The van der Waals surface area contributed by atoms with Gasteiger partial charge in [-0.2, -0.15) is 5.26 Å². The van der Waals surface area contributed by atoms with E-state index in [-0.39, 0.29) is 44.5 Å². The van der Waals surface area contributed by atoms with Crippen LogP contribution in [0.3, 0.4) is 0 Å². The van der Waals surface area contributed by atoms with Crippen molar-refractivity contribution in [3.8, 4) is 6.07 Å². The molecule has 1 aliphatic heterocycles. The second-order valence-corrected chi connectivity index (χ2v) is 42.7. The number of anilines is 1. The Morgan fingerprint density at radius 1 is 0.684 bits per heavy atom. The Hall–Kier alpha value is -1.12. The Morgan fingerprint density at radius 3 is 1.68 bits per heavy atom. The maximum absolute atomic E-state index is 9.53. The van der Waals surface area contributed by atoms with Gasteiger partial charge < -0.3 is 23.0 Å². The van der Waals surface area contributed by atoms with E-state index >= 15 is 0 Å². The second kappa shape index (κ2) is 18.1. The van der Waals surface area contributed by atoms with Crippen LogP contribution >= 0.6 is 15.9 Å². The number of hydrogen-bond donors (Lipinski definition) is 1. The topological polar surface area (TPSA) is 76.0 Å². The maximum atomic E-state index is 9.53. The van der Waals surface area contributed by atoms with Crippen LogP contribution in [0.2, 0.25) is 72.5 Å². The monoisotopic (exact) mass is 917 g/mol. The number of nitrogens with one attached hydrogen (secondary N) is 1. The molecule has 0 radical (unpaired) electrons. The summed E-state index contributed by atoms with van der Waals surface area (Å²) in [6, 6.07) is 16.8. The highest BCUT2D eigenvalue weighted by Crippen LogP contribution is 2.46. The van der Waals surface area contributed by atoms with Crippen molar-refractivity contribution in [1.82, 2.24) is 4.90 Å². The molecule has 0 amide bonds. The number of likely N-dealkylation sites (tertiary alicyclic amines) is 1. The van der Waals surface area contributed by atoms with Gasteiger partial charge in [-0.25, -0.2) is 0 Å². The van der Waals surface area contributed by atoms with E-state index in [1.54, 1.807) is 0 Å². The minimum Gasteiger partial charge on any atom is -0.415 e. The smallest absolute Gasteiger partial charge is 0.192 e. The summed E-state index contributed by atoms with van der Waals surface area (Å²) in [6.45, 7) is 49.6. The van der Waals surface area contributed by atoms with Gasteiger partial charge in [-0.15, -0.1) is 0 Å². The van der Waals surface area contributed by atoms with E-state index in [1.807, 2.05) is 18.2 Å². The third-order valence-corrected chi connectivity index (χ3v) is 32.4. The molecule has 1 fully saturated rings. The molecule has 322 valence electrons. The van der Waals surface area contributed by atoms with Crippen LogP contribution < -0.4 is 5.32 Å². The first-order chi connectivity index (χ1) is 25.6. The van der Waals surface area contributed by atoms with E-state index < -0.39 is 33.3 Å². The van der Waals surface area contributed by atoms with Gasteiger partial charge in [0.2, 0.25) is 0 Å². The van der Waals surface area contributed by atoms with Crippen LogP contribution in [-0.2, 0) is 30.8 Å². The van der Waals surface area contributed by atoms with Crippen molar-refractivity contribution in [1.29, 1.82) is 5.26 Å². The molecule has 2 aromatic carbocycles. The first kappa shape index (κ1) is 50.2. The third-order valence-electron chi connectivity index (χ3n) is 14.0. The molecule has 3 unspecified atom stereocenters. The molecule has 4 atom stereocenters. The molecular formula is C45H80BrN3O4Si4. The van der Waals surface area contributed by atoms with Crippen molar-refractivity contribution in [2.45, 2.75) is 193 Å². The average Bonchev–Trinajstić information content (AvgIpc) is 3.02. The molecule has 57 heavy (non-hydrogen) atoms. The van der Waals surface area contributed by atoms with E-state index in [0.29, 0.717) is 18.7 Å². The van der Waals surface area contributed by atoms with Gasteiger partial charge in [0.25, 0.3) is 0 Å². The lowest BCUT2D eigenvalue weighted by Gasteiger charge is -2.56. The van der Waals surface area contributed by atoms with Gasteiger partial charge in [0.15, 0.2) is 33.3 Å². The summed E-state index contributed by atoms with van der Waals surface area (Å²) < 4.78 is 31.1. The SMILES string of the molecule is CC(C)(C)[Si](C)(C)OC[C@@H]1C(O[Si](C)(C)C(C)(C)C)C(O[Si](C)(C)C(C)(C)C)C(O[Si](C)(C)C(C)(C)C)CN1Cc1cccc(CNc2cc(Br)cc(C#N)c2)c1. The van der Waals surface area contributed by atoms with Crippen LogP contribution in [0.4, 0.5) is 5.69 Å². The van der Waals surface area contributed by atoms with E-state index in [9.17, 15) is 5.26 Å². The van der Waals surface area contributed by atoms with Gasteiger partial charge in [-0.05, 0) is 102 Å². The summed E-state index contributed by atoms with van der Waals surface area (Å²) in [7, 11) is -9.01. The van der Waals surface area contributed by atoms with Gasteiger partial charge in [0.1, 0.15) is 0 Å².